The Kier molecular flexibility index (Phi) is 5.55. The Bertz CT molecular complexity index is 938. The minimum absolute atomic E-state index is 0.0973. The first kappa shape index (κ1) is 19.0. The first-order valence-corrected chi connectivity index (χ1v) is 8.32. The number of hydrogen-bond acceptors (Lipinski definition) is 4. The van der Waals surface area contributed by atoms with Crippen molar-refractivity contribution >= 4 is 27.5 Å². The summed E-state index contributed by atoms with van der Waals surface area (Å²) in [6, 6.07) is 4.98. The lowest BCUT2D eigenvalue weighted by Gasteiger charge is -2.12. The third-order valence-corrected chi connectivity index (χ3v) is 4.49. The Morgan fingerprint density at radius 3 is 2.44 bits per heavy atom. The van der Waals surface area contributed by atoms with E-state index in [1.807, 2.05) is 0 Å². The van der Waals surface area contributed by atoms with Crippen molar-refractivity contribution in [2.45, 2.75) is 4.90 Å². The molecule has 1 amide bonds. The highest BCUT2D eigenvalue weighted by atomic mass is 35.5. The number of nitrogens with one attached hydrogen (secondary N) is 2. The molecule has 11 heteroatoms. The van der Waals surface area contributed by atoms with Crippen LogP contribution in [-0.4, -0.2) is 21.4 Å². The van der Waals surface area contributed by atoms with E-state index in [0.29, 0.717) is 12.1 Å². The maximum absolute atomic E-state index is 13.6. The first-order valence-electron chi connectivity index (χ1n) is 6.46. The normalized spacial score (nSPS) is 11.2. The van der Waals surface area contributed by atoms with Gasteiger partial charge in [0.1, 0.15) is 10.6 Å². The summed E-state index contributed by atoms with van der Waals surface area (Å²) in [5.74, 6) is -6.29. The zero-order chi connectivity index (χ0) is 18.8. The standard InChI is InChI=1S/C14H10ClF3N2O4S/c1-24-10-4-2-7(15)6-8(10)14(21)19-20-25(22,23)11-5-3-9(16)12(17)13(11)18/h2-6,20H,1H3,(H,19,21). The fraction of sp³-hybridized carbons (Fsp3) is 0.0714. The van der Waals surface area contributed by atoms with E-state index >= 15 is 0 Å². The van der Waals surface area contributed by atoms with E-state index in [1.165, 1.54) is 25.3 Å². The second-order valence-electron chi connectivity index (χ2n) is 4.58. The van der Waals surface area contributed by atoms with Gasteiger partial charge in [-0.2, -0.15) is 0 Å². The number of ether oxygens (including phenoxy) is 1. The fourth-order valence-electron chi connectivity index (χ4n) is 1.81. The van der Waals surface area contributed by atoms with Crippen LogP contribution in [0.25, 0.3) is 0 Å². The second-order valence-corrected chi connectivity index (χ2v) is 6.66. The molecule has 134 valence electrons. The lowest BCUT2D eigenvalue weighted by molar-refractivity contribution is 0.0942. The summed E-state index contributed by atoms with van der Waals surface area (Å²) in [6.45, 7) is 0. The summed E-state index contributed by atoms with van der Waals surface area (Å²) in [4.78, 5) is 12.5. The average molecular weight is 395 g/mol. The summed E-state index contributed by atoms with van der Waals surface area (Å²) >= 11 is 5.76. The number of halogens is 4. The highest BCUT2D eigenvalue weighted by molar-refractivity contribution is 7.89. The van der Waals surface area contributed by atoms with Crippen molar-refractivity contribution in [2.75, 3.05) is 7.11 Å². The zero-order valence-electron chi connectivity index (χ0n) is 12.4. The number of carbonyl (C=O) groups excluding carboxylic acids is 1. The predicted molar refractivity (Wildman–Crippen MR) is 82.1 cm³/mol. The molecule has 2 rings (SSSR count). The fourth-order valence-corrected chi connectivity index (χ4v) is 2.89. The Hall–Kier alpha value is -2.30. The molecule has 0 aliphatic heterocycles. The first-order chi connectivity index (χ1) is 11.7. The van der Waals surface area contributed by atoms with Gasteiger partial charge in [0.15, 0.2) is 17.5 Å². The highest BCUT2D eigenvalue weighted by Gasteiger charge is 2.25. The summed E-state index contributed by atoms with van der Waals surface area (Å²) in [5.41, 5.74) is 1.69. The van der Waals surface area contributed by atoms with E-state index in [2.05, 4.69) is 0 Å². The number of hydrazine groups is 1. The number of methoxy groups -OCH3 is 1. The van der Waals surface area contributed by atoms with Crippen LogP contribution in [-0.2, 0) is 10.0 Å². The van der Waals surface area contributed by atoms with Gasteiger partial charge >= 0.3 is 0 Å². The van der Waals surface area contributed by atoms with Crippen LogP contribution in [0, 0.1) is 17.5 Å². The van der Waals surface area contributed by atoms with Gasteiger partial charge in [-0.25, -0.2) is 21.6 Å². The molecule has 0 bridgehead atoms. The van der Waals surface area contributed by atoms with E-state index in [4.69, 9.17) is 16.3 Å². The van der Waals surface area contributed by atoms with E-state index < -0.39 is 38.3 Å². The Morgan fingerprint density at radius 1 is 1.12 bits per heavy atom. The molecule has 0 saturated carbocycles. The van der Waals surface area contributed by atoms with E-state index in [0.717, 1.165) is 0 Å². The lowest BCUT2D eigenvalue weighted by atomic mass is 10.2. The Balaban J connectivity index is 2.25. The molecular formula is C14H10ClF3N2O4S. The minimum Gasteiger partial charge on any atom is -0.496 e. The second kappa shape index (κ2) is 7.30. The van der Waals surface area contributed by atoms with Gasteiger partial charge in [-0.1, -0.05) is 11.6 Å². The molecule has 0 saturated heterocycles. The van der Waals surface area contributed by atoms with Crippen LogP contribution in [0.2, 0.25) is 5.02 Å². The van der Waals surface area contributed by atoms with Gasteiger partial charge < -0.3 is 4.74 Å². The molecule has 0 spiro atoms. The topological polar surface area (TPSA) is 84.5 Å². The van der Waals surface area contributed by atoms with Crippen LogP contribution >= 0.6 is 11.6 Å². The molecule has 0 aliphatic rings. The molecule has 0 radical (unpaired) electrons. The van der Waals surface area contributed by atoms with Gasteiger partial charge in [0, 0.05) is 5.02 Å². The molecule has 0 atom stereocenters. The van der Waals surface area contributed by atoms with Gasteiger partial charge in [-0.3, -0.25) is 10.2 Å². The summed E-state index contributed by atoms with van der Waals surface area (Å²) in [5, 5.41) is 0.181. The van der Waals surface area contributed by atoms with E-state index in [9.17, 15) is 26.4 Å². The van der Waals surface area contributed by atoms with Crippen molar-refractivity contribution in [2.24, 2.45) is 0 Å². The zero-order valence-corrected chi connectivity index (χ0v) is 14.0. The Morgan fingerprint density at radius 2 is 1.80 bits per heavy atom. The number of benzene rings is 2. The van der Waals surface area contributed by atoms with Crippen LogP contribution in [0.5, 0.6) is 5.75 Å². The molecule has 0 aromatic heterocycles. The monoisotopic (exact) mass is 394 g/mol. The predicted octanol–water partition coefficient (Wildman–Crippen LogP) is 2.39. The number of rotatable bonds is 5. The van der Waals surface area contributed by atoms with Crippen LogP contribution in [0.1, 0.15) is 10.4 Å². The Labute approximate surface area is 145 Å². The van der Waals surface area contributed by atoms with Crippen LogP contribution in [0.4, 0.5) is 13.2 Å². The van der Waals surface area contributed by atoms with E-state index in [-0.39, 0.29) is 16.3 Å². The molecule has 2 aromatic carbocycles. The maximum atomic E-state index is 13.6. The van der Waals surface area contributed by atoms with Gasteiger partial charge in [0.05, 0.1) is 12.7 Å². The van der Waals surface area contributed by atoms with Crippen molar-refractivity contribution in [3.05, 3.63) is 58.4 Å². The molecule has 2 aromatic rings. The number of amides is 1. The van der Waals surface area contributed by atoms with Crippen LogP contribution in [0.15, 0.2) is 35.2 Å². The molecule has 0 aliphatic carbocycles. The summed E-state index contributed by atoms with van der Waals surface area (Å²) < 4.78 is 68.5. The number of hydrogen-bond donors (Lipinski definition) is 2. The van der Waals surface area contributed by atoms with Crippen molar-refractivity contribution in [3.8, 4) is 5.75 Å². The van der Waals surface area contributed by atoms with Crippen molar-refractivity contribution in [1.29, 1.82) is 0 Å². The van der Waals surface area contributed by atoms with E-state index in [1.54, 1.807) is 10.3 Å². The molecule has 0 heterocycles. The number of sulfonamides is 1. The molecule has 2 N–H and O–H groups in total. The van der Waals surface area contributed by atoms with Crippen LogP contribution < -0.4 is 15.0 Å². The lowest BCUT2D eigenvalue weighted by Crippen LogP contribution is -2.42. The molecular weight excluding hydrogens is 385 g/mol. The third-order valence-electron chi connectivity index (χ3n) is 2.99. The smallest absolute Gasteiger partial charge is 0.270 e. The largest absolute Gasteiger partial charge is 0.496 e. The minimum atomic E-state index is -4.70. The molecule has 6 nitrogen and oxygen atoms in total. The van der Waals surface area contributed by atoms with Gasteiger partial charge in [-0.15, -0.1) is 4.83 Å². The van der Waals surface area contributed by atoms with Crippen molar-refractivity contribution in [3.63, 3.8) is 0 Å². The quantitative estimate of drug-likeness (QED) is 0.602. The van der Waals surface area contributed by atoms with Crippen molar-refractivity contribution < 1.29 is 31.1 Å². The SMILES string of the molecule is COc1ccc(Cl)cc1C(=O)NNS(=O)(=O)c1ccc(F)c(F)c1F. The number of carbonyl (C=O) groups is 1. The average Bonchev–Trinajstić information content (AvgIpc) is 2.57. The van der Waals surface area contributed by atoms with Crippen LogP contribution in [0.3, 0.4) is 0 Å². The maximum Gasteiger partial charge on any atom is 0.270 e. The molecule has 0 fully saturated rings. The van der Waals surface area contributed by atoms with Gasteiger partial charge in [-0.05, 0) is 30.3 Å². The van der Waals surface area contributed by atoms with Gasteiger partial charge in [0.25, 0.3) is 15.9 Å². The third kappa shape index (κ3) is 4.03. The highest BCUT2D eigenvalue weighted by Crippen LogP contribution is 2.23. The van der Waals surface area contributed by atoms with Gasteiger partial charge in [0.2, 0.25) is 0 Å². The molecule has 25 heavy (non-hydrogen) atoms. The molecule has 0 unspecified atom stereocenters. The summed E-state index contributed by atoms with van der Waals surface area (Å²) in [7, 11) is -3.42. The summed E-state index contributed by atoms with van der Waals surface area (Å²) in [6.07, 6.45) is 0. The van der Waals surface area contributed by atoms with Crippen molar-refractivity contribution in [1.82, 2.24) is 10.3 Å².